The first-order valence-corrected chi connectivity index (χ1v) is 3.59. The van der Waals surface area contributed by atoms with E-state index in [2.05, 4.69) is 4.99 Å². The van der Waals surface area contributed by atoms with Crippen LogP contribution in [-0.4, -0.2) is 23.3 Å². The van der Waals surface area contributed by atoms with E-state index in [1.54, 1.807) is 13.0 Å². The maximum absolute atomic E-state index is 10.2. The number of rotatable bonds is 4. The lowest BCUT2D eigenvalue weighted by Crippen LogP contribution is -2.12. The molecule has 0 spiro atoms. The van der Waals surface area contributed by atoms with E-state index in [0.29, 0.717) is 0 Å². The third kappa shape index (κ3) is 5.33. The summed E-state index contributed by atoms with van der Waals surface area (Å²) in [5, 5.41) is 8.40. The van der Waals surface area contributed by atoms with Crippen molar-refractivity contribution in [2.75, 3.05) is 0 Å². The van der Waals surface area contributed by atoms with Crippen LogP contribution in [0.25, 0.3) is 0 Å². The van der Waals surface area contributed by atoms with Gasteiger partial charge in [0.25, 0.3) is 0 Å². The fourth-order valence-corrected chi connectivity index (χ4v) is 0.439. The van der Waals surface area contributed by atoms with Crippen LogP contribution in [0, 0.1) is 0 Å². The number of hydrogen-bond donors (Lipinski definition) is 1. The van der Waals surface area contributed by atoms with Crippen LogP contribution < -0.4 is 0 Å². The molecule has 0 saturated heterocycles. The lowest BCUT2D eigenvalue weighted by atomic mass is 10.3. The summed E-state index contributed by atoms with van der Waals surface area (Å²) in [5.41, 5.74) is 0. The molecule has 0 amide bonds. The Balaban J connectivity index is 3.74. The standard InChI is InChI=1S/C8H13NO2/c1-3-4-5-6-9-7(2)8(10)11/h4-7H,3H2,1-2H3,(H,10,11)/b5-4-,9-6-. The van der Waals surface area contributed by atoms with Crippen molar-refractivity contribution in [1.82, 2.24) is 0 Å². The molecule has 1 N–H and O–H groups in total. The Bertz CT molecular complexity index is 173. The van der Waals surface area contributed by atoms with Crippen LogP contribution in [0.15, 0.2) is 17.1 Å². The quantitative estimate of drug-likeness (QED) is 0.625. The Labute approximate surface area is 66.5 Å². The van der Waals surface area contributed by atoms with Gasteiger partial charge in [-0.2, -0.15) is 0 Å². The monoisotopic (exact) mass is 155 g/mol. The predicted molar refractivity (Wildman–Crippen MR) is 45.0 cm³/mol. The van der Waals surface area contributed by atoms with Crippen LogP contribution >= 0.6 is 0 Å². The number of carboxylic acid groups (broad SMARTS) is 1. The molecular formula is C8H13NO2. The maximum atomic E-state index is 10.2. The van der Waals surface area contributed by atoms with Gasteiger partial charge in [0, 0.05) is 6.21 Å². The zero-order chi connectivity index (χ0) is 8.69. The second kappa shape index (κ2) is 5.65. The van der Waals surface area contributed by atoms with E-state index < -0.39 is 12.0 Å². The Morgan fingerprint density at radius 2 is 2.36 bits per heavy atom. The zero-order valence-corrected chi connectivity index (χ0v) is 6.82. The molecule has 0 aromatic heterocycles. The Hall–Kier alpha value is -1.12. The zero-order valence-electron chi connectivity index (χ0n) is 6.82. The molecule has 3 nitrogen and oxygen atoms in total. The second-order valence-corrected chi connectivity index (χ2v) is 2.15. The van der Waals surface area contributed by atoms with Gasteiger partial charge in [-0.25, -0.2) is 4.79 Å². The molecule has 0 aliphatic carbocycles. The van der Waals surface area contributed by atoms with Gasteiger partial charge in [-0.1, -0.05) is 13.0 Å². The van der Waals surface area contributed by atoms with E-state index in [9.17, 15) is 4.79 Å². The van der Waals surface area contributed by atoms with E-state index in [4.69, 9.17) is 5.11 Å². The number of aliphatic imine (C=N–C) groups is 1. The lowest BCUT2D eigenvalue weighted by molar-refractivity contribution is -0.137. The highest BCUT2D eigenvalue weighted by atomic mass is 16.4. The summed E-state index contributed by atoms with van der Waals surface area (Å²) in [6, 6.07) is -0.642. The van der Waals surface area contributed by atoms with Gasteiger partial charge in [-0.05, 0) is 19.4 Å². The van der Waals surface area contributed by atoms with Crippen LogP contribution in [0.5, 0.6) is 0 Å². The number of aliphatic carboxylic acids is 1. The van der Waals surface area contributed by atoms with Crippen LogP contribution in [0.1, 0.15) is 20.3 Å². The summed E-state index contributed by atoms with van der Waals surface area (Å²) in [6.45, 7) is 3.55. The molecule has 0 rings (SSSR count). The molecule has 0 aliphatic heterocycles. The summed E-state index contributed by atoms with van der Waals surface area (Å²) in [6.07, 6.45) is 6.12. The molecule has 0 bridgehead atoms. The topological polar surface area (TPSA) is 49.7 Å². The summed E-state index contributed by atoms with van der Waals surface area (Å²) in [5.74, 6) is -0.897. The van der Waals surface area contributed by atoms with Crippen LogP contribution in [0.4, 0.5) is 0 Å². The molecule has 0 aromatic rings. The van der Waals surface area contributed by atoms with Crippen LogP contribution in [0.3, 0.4) is 0 Å². The van der Waals surface area contributed by atoms with Crippen molar-refractivity contribution in [3.05, 3.63) is 12.2 Å². The Morgan fingerprint density at radius 3 is 2.82 bits per heavy atom. The average Bonchev–Trinajstić information content (AvgIpc) is 1.97. The molecule has 0 aliphatic rings. The highest BCUT2D eigenvalue weighted by Crippen LogP contribution is 1.87. The summed E-state index contributed by atoms with van der Waals surface area (Å²) in [4.78, 5) is 14.0. The first-order valence-electron chi connectivity index (χ1n) is 3.59. The van der Waals surface area contributed by atoms with E-state index in [1.807, 2.05) is 13.0 Å². The van der Waals surface area contributed by atoms with Gasteiger partial charge in [0.15, 0.2) is 0 Å². The first-order chi connectivity index (χ1) is 5.18. The number of allylic oxidation sites excluding steroid dienone is 2. The van der Waals surface area contributed by atoms with Gasteiger partial charge in [0.2, 0.25) is 0 Å². The van der Waals surface area contributed by atoms with Crippen molar-refractivity contribution in [3.63, 3.8) is 0 Å². The predicted octanol–water partition coefficient (Wildman–Crippen LogP) is 1.50. The molecule has 0 fully saturated rings. The van der Waals surface area contributed by atoms with Gasteiger partial charge in [0.05, 0.1) is 0 Å². The van der Waals surface area contributed by atoms with Crippen molar-refractivity contribution in [3.8, 4) is 0 Å². The Kier molecular flexibility index (Phi) is 5.07. The molecular weight excluding hydrogens is 142 g/mol. The molecule has 3 heteroatoms. The van der Waals surface area contributed by atoms with Gasteiger partial charge < -0.3 is 5.11 Å². The minimum absolute atomic E-state index is 0.642. The third-order valence-electron chi connectivity index (χ3n) is 1.12. The summed E-state index contributed by atoms with van der Waals surface area (Å²) in [7, 11) is 0. The molecule has 62 valence electrons. The maximum Gasteiger partial charge on any atom is 0.328 e. The van der Waals surface area contributed by atoms with Crippen molar-refractivity contribution in [2.24, 2.45) is 4.99 Å². The molecule has 0 radical (unpaired) electrons. The molecule has 0 saturated carbocycles. The molecule has 0 heterocycles. The number of carboxylic acids is 1. The minimum Gasteiger partial charge on any atom is -0.480 e. The molecule has 1 unspecified atom stereocenters. The SMILES string of the molecule is CC/C=C\C=N/C(C)C(=O)O. The van der Waals surface area contributed by atoms with E-state index in [0.717, 1.165) is 6.42 Å². The van der Waals surface area contributed by atoms with Crippen LogP contribution in [0.2, 0.25) is 0 Å². The summed E-state index contributed by atoms with van der Waals surface area (Å²) >= 11 is 0. The van der Waals surface area contributed by atoms with Crippen molar-refractivity contribution in [1.29, 1.82) is 0 Å². The van der Waals surface area contributed by atoms with Gasteiger partial charge >= 0.3 is 5.97 Å². The number of carbonyl (C=O) groups is 1. The smallest absolute Gasteiger partial charge is 0.328 e. The summed E-state index contributed by atoms with van der Waals surface area (Å²) < 4.78 is 0. The van der Waals surface area contributed by atoms with Gasteiger partial charge in [0.1, 0.15) is 6.04 Å². The molecule has 0 aromatic carbocycles. The van der Waals surface area contributed by atoms with Gasteiger partial charge in [-0.3, -0.25) is 4.99 Å². The van der Waals surface area contributed by atoms with Crippen molar-refractivity contribution < 1.29 is 9.90 Å². The lowest BCUT2D eigenvalue weighted by Gasteiger charge is -1.94. The third-order valence-corrected chi connectivity index (χ3v) is 1.12. The van der Waals surface area contributed by atoms with Crippen molar-refractivity contribution in [2.45, 2.75) is 26.3 Å². The number of nitrogens with zero attached hydrogens (tertiary/aromatic N) is 1. The normalized spacial score (nSPS) is 14.4. The van der Waals surface area contributed by atoms with Gasteiger partial charge in [-0.15, -0.1) is 0 Å². The fraction of sp³-hybridized carbons (Fsp3) is 0.500. The van der Waals surface area contributed by atoms with E-state index >= 15 is 0 Å². The molecule has 1 atom stereocenters. The number of hydrogen-bond acceptors (Lipinski definition) is 2. The largest absolute Gasteiger partial charge is 0.480 e. The minimum atomic E-state index is -0.897. The van der Waals surface area contributed by atoms with E-state index in [-0.39, 0.29) is 0 Å². The van der Waals surface area contributed by atoms with Crippen LogP contribution in [-0.2, 0) is 4.79 Å². The van der Waals surface area contributed by atoms with E-state index in [1.165, 1.54) is 6.21 Å². The fourth-order valence-electron chi connectivity index (χ4n) is 0.439. The first kappa shape index (κ1) is 9.88. The highest BCUT2D eigenvalue weighted by molar-refractivity contribution is 5.78. The second-order valence-electron chi connectivity index (χ2n) is 2.15. The molecule has 11 heavy (non-hydrogen) atoms. The average molecular weight is 155 g/mol. The Morgan fingerprint density at radius 1 is 1.73 bits per heavy atom. The van der Waals surface area contributed by atoms with Crippen molar-refractivity contribution >= 4 is 12.2 Å². The highest BCUT2D eigenvalue weighted by Gasteiger charge is 2.05.